The van der Waals surface area contributed by atoms with Crippen LogP contribution in [0.3, 0.4) is 0 Å². The fourth-order valence-corrected chi connectivity index (χ4v) is 2.84. The van der Waals surface area contributed by atoms with Crippen LogP contribution in [0.1, 0.15) is 44.4 Å². The first kappa shape index (κ1) is 16.2. The molecule has 0 saturated carbocycles. The Morgan fingerprint density at radius 2 is 2.29 bits per heavy atom. The van der Waals surface area contributed by atoms with Gasteiger partial charge in [-0.2, -0.15) is 0 Å². The van der Waals surface area contributed by atoms with Gasteiger partial charge in [-0.1, -0.05) is 6.92 Å². The molecular weight excluding hydrogens is 262 g/mol. The highest BCUT2D eigenvalue weighted by Crippen LogP contribution is 2.23. The second kappa shape index (κ2) is 8.35. The summed E-state index contributed by atoms with van der Waals surface area (Å²) in [7, 11) is 0. The van der Waals surface area contributed by atoms with Crippen molar-refractivity contribution in [3.05, 3.63) is 23.5 Å². The Morgan fingerprint density at radius 3 is 2.95 bits per heavy atom. The summed E-state index contributed by atoms with van der Waals surface area (Å²) in [4.78, 5) is 6.91. The number of nitrogens with one attached hydrogen (secondary N) is 1. The summed E-state index contributed by atoms with van der Waals surface area (Å²) < 4.78 is 5.80. The summed E-state index contributed by atoms with van der Waals surface area (Å²) in [5, 5.41) is 3.49. The van der Waals surface area contributed by atoms with E-state index >= 15 is 0 Å². The molecule has 1 aliphatic heterocycles. The first-order chi connectivity index (χ1) is 10.2. The standard InChI is InChI=1S/C17H29N3O/c1-4-8-18-11-15-12-19-14(3)10-17(15)20(5-2)13-16-7-6-9-21-16/h10,12,16,18H,4-9,11,13H2,1-3H3. The van der Waals surface area contributed by atoms with E-state index in [0.29, 0.717) is 6.10 Å². The third-order valence-corrected chi connectivity index (χ3v) is 4.01. The molecule has 0 amide bonds. The van der Waals surface area contributed by atoms with Crippen molar-refractivity contribution in [3.63, 3.8) is 0 Å². The van der Waals surface area contributed by atoms with E-state index < -0.39 is 0 Å². The highest BCUT2D eigenvalue weighted by atomic mass is 16.5. The minimum Gasteiger partial charge on any atom is -0.376 e. The molecule has 1 fully saturated rings. The smallest absolute Gasteiger partial charge is 0.0750 e. The average Bonchev–Trinajstić information content (AvgIpc) is 2.99. The molecule has 1 N–H and O–H groups in total. The third kappa shape index (κ3) is 4.68. The van der Waals surface area contributed by atoms with E-state index in [-0.39, 0.29) is 0 Å². The van der Waals surface area contributed by atoms with Crippen LogP contribution in [0.25, 0.3) is 0 Å². The number of hydrogen-bond acceptors (Lipinski definition) is 4. The Morgan fingerprint density at radius 1 is 1.43 bits per heavy atom. The second-order valence-corrected chi connectivity index (χ2v) is 5.80. The topological polar surface area (TPSA) is 37.4 Å². The summed E-state index contributed by atoms with van der Waals surface area (Å²) in [6, 6.07) is 2.21. The number of pyridine rings is 1. The van der Waals surface area contributed by atoms with Gasteiger partial charge in [0.15, 0.2) is 0 Å². The van der Waals surface area contributed by atoms with E-state index in [4.69, 9.17) is 4.74 Å². The van der Waals surface area contributed by atoms with Crippen molar-refractivity contribution >= 4 is 5.69 Å². The second-order valence-electron chi connectivity index (χ2n) is 5.80. The van der Waals surface area contributed by atoms with Crippen molar-refractivity contribution in [3.8, 4) is 0 Å². The lowest BCUT2D eigenvalue weighted by Gasteiger charge is -2.28. The van der Waals surface area contributed by atoms with Crippen LogP contribution in [0, 0.1) is 6.92 Å². The fraction of sp³-hybridized carbons (Fsp3) is 0.706. The van der Waals surface area contributed by atoms with Crippen molar-refractivity contribution < 1.29 is 4.74 Å². The summed E-state index contributed by atoms with van der Waals surface area (Å²) in [6.07, 6.45) is 5.94. The van der Waals surface area contributed by atoms with Crippen LogP contribution in [-0.4, -0.2) is 37.3 Å². The summed E-state index contributed by atoms with van der Waals surface area (Å²) in [5.74, 6) is 0. The van der Waals surface area contributed by atoms with Crippen LogP contribution in [-0.2, 0) is 11.3 Å². The fourth-order valence-electron chi connectivity index (χ4n) is 2.84. The maximum atomic E-state index is 5.80. The minimum absolute atomic E-state index is 0.384. The van der Waals surface area contributed by atoms with Crippen molar-refractivity contribution in [2.75, 3.05) is 31.1 Å². The highest BCUT2D eigenvalue weighted by Gasteiger charge is 2.20. The van der Waals surface area contributed by atoms with Crippen molar-refractivity contribution in [1.29, 1.82) is 0 Å². The van der Waals surface area contributed by atoms with Crippen LogP contribution < -0.4 is 10.2 Å². The zero-order valence-corrected chi connectivity index (χ0v) is 13.7. The molecule has 1 aromatic rings. The lowest BCUT2D eigenvalue weighted by atomic mass is 10.1. The normalized spacial score (nSPS) is 18.1. The summed E-state index contributed by atoms with van der Waals surface area (Å²) in [6.45, 7) is 11.3. The van der Waals surface area contributed by atoms with Gasteiger partial charge >= 0.3 is 0 Å². The van der Waals surface area contributed by atoms with E-state index in [1.807, 2.05) is 6.20 Å². The Hall–Kier alpha value is -1.13. The van der Waals surface area contributed by atoms with E-state index in [9.17, 15) is 0 Å². The van der Waals surface area contributed by atoms with Gasteiger partial charge in [-0.15, -0.1) is 0 Å². The Labute approximate surface area is 128 Å². The molecule has 1 unspecified atom stereocenters. The van der Waals surface area contributed by atoms with Gasteiger partial charge in [0, 0.05) is 49.4 Å². The summed E-state index contributed by atoms with van der Waals surface area (Å²) in [5.41, 5.74) is 3.67. The molecule has 1 saturated heterocycles. The number of rotatable bonds is 8. The quantitative estimate of drug-likeness (QED) is 0.747. The van der Waals surface area contributed by atoms with E-state index in [1.165, 1.54) is 24.1 Å². The molecule has 0 aliphatic carbocycles. The van der Waals surface area contributed by atoms with Crippen LogP contribution in [0.2, 0.25) is 0 Å². The first-order valence-corrected chi connectivity index (χ1v) is 8.27. The molecule has 0 spiro atoms. The lowest BCUT2D eigenvalue weighted by molar-refractivity contribution is 0.115. The van der Waals surface area contributed by atoms with Gasteiger partial charge in [-0.3, -0.25) is 4.98 Å². The van der Waals surface area contributed by atoms with Crippen LogP contribution in [0.15, 0.2) is 12.3 Å². The number of aromatic nitrogens is 1. The lowest BCUT2D eigenvalue weighted by Crippen LogP contribution is -2.33. The number of ether oxygens (including phenoxy) is 1. The van der Waals surface area contributed by atoms with Gasteiger partial charge in [0.2, 0.25) is 0 Å². The van der Waals surface area contributed by atoms with Gasteiger partial charge in [0.1, 0.15) is 0 Å². The molecule has 1 aromatic heterocycles. The molecule has 0 bridgehead atoms. The molecular formula is C17H29N3O. The molecule has 4 heteroatoms. The predicted molar refractivity (Wildman–Crippen MR) is 87.8 cm³/mol. The van der Waals surface area contributed by atoms with Gasteiger partial charge in [-0.05, 0) is 45.7 Å². The van der Waals surface area contributed by atoms with Gasteiger partial charge in [-0.25, -0.2) is 0 Å². The Kier molecular flexibility index (Phi) is 6.46. The maximum Gasteiger partial charge on any atom is 0.0750 e. The first-order valence-electron chi connectivity index (χ1n) is 8.27. The zero-order chi connectivity index (χ0) is 15.1. The number of likely N-dealkylation sites (N-methyl/N-ethyl adjacent to an activating group) is 1. The number of hydrogen-bond donors (Lipinski definition) is 1. The van der Waals surface area contributed by atoms with E-state index in [0.717, 1.165) is 44.9 Å². The Balaban J connectivity index is 2.10. The molecule has 118 valence electrons. The number of nitrogens with zero attached hydrogens (tertiary/aromatic N) is 2. The van der Waals surface area contributed by atoms with Gasteiger partial charge < -0.3 is 15.0 Å². The average molecular weight is 291 g/mol. The summed E-state index contributed by atoms with van der Waals surface area (Å²) >= 11 is 0. The van der Waals surface area contributed by atoms with E-state index in [1.54, 1.807) is 0 Å². The van der Waals surface area contributed by atoms with Crippen LogP contribution in [0.4, 0.5) is 5.69 Å². The Bertz CT molecular complexity index is 430. The highest BCUT2D eigenvalue weighted by molar-refractivity contribution is 5.53. The predicted octanol–water partition coefficient (Wildman–Crippen LogP) is 2.89. The monoisotopic (exact) mass is 291 g/mol. The van der Waals surface area contributed by atoms with Gasteiger partial charge in [0.05, 0.1) is 6.10 Å². The van der Waals surface area contributed by atoms with Crippen molar-refractivity contribution in [2.45, 2.75) is 52.7 Å². The number of aryl methyl sites for hydroxylation is 1. The van der Waals surface area contributed by atoms with Crippen LogP contribution >= 0.6 is 0 Å². The molecule has 21 heavy (non-hydrogen) atoms. The van der Waals surface area contributed by atoms with E-state index in [2.05, 4.69) is 42.0 Å². The molecule has 0 aromatic carbocycles. The maximum absolute atomic E-state index is 5.80. The largest absolute Gasteiger partial charge is 0.376 e. The molecule has 2 heterocycles. The molecule has 2 rings (SSSR count). The molecule has 4 nitrogen and oxygen atoms in total. The van der Waals surface area contributed by atoms with Crippen molar-refractivity contribution in [2.24, 2.45) is 0 Å². The molecule has 0 radical (unpaired) electrons. The SMILES string of the molecule is CCCNCc1cnc(C)cc1N(CC)CC1CCCO1. The number of anilines is 1. The van der Waals surface area contributed by atoms with Crippen LogP contribution in [0.5, 0.6) is 0 Å². The van der Waals surface area contributed by atoms with Gasteiger partial charge in [0.25, 0.3) is 0 Å². The van der Waals surface area contributed by atoms with Crippen molar-refractivity contribution in [1.82, 2.24) is 10.3 Å². The molecule has 1 aliphatic rings. The zero-order valence-electron chi connectivity index (χ0n) is 13.7. The minimum atomic E-state index is 0.384. The molecule has 1 atom stereocenters. The third-order valence-electron chi connectivity index (χ3n) is 4.01.